The third-order valence-corrected chi connectivity index (χ3v) is 2.59. The van der Waals surface area contributed by atoms with Gasteiger partial charge in [-0.2, -0.15) is 0 Å². The van der Waals surface area contributed by atoms with Crippen LogP contribution in [0.15, 0.2) is 37.1 Å². The van der Waals surface area contributed by atoms with E-state index in [-0.39, 0.29) is 16.7 Å². The fraction of sp³-hybridized carbons (Fsp3) is 0.385. The number of rotatable bonds is 8. The number of benzene rings is 1. The molecule has 5 nitrogen and oxygen atoms in total. The molecule has 5 heteroatoms. The predicted molar refractivity (Wildman–Crippen MR) is 70.3 cm³/mol. The van der Waals surface area contributed by atoms with Crippen LogP contribution in [0.5, 0.6) is 0 Å². The van der Waals surface area contributed by atoms with E-state index in [0.29, 0.717) is 6.61 Å². The number of hydrogen-bond acceptors (Lipinski definition) is 4. The lowest BCUT2D eigenvalue weighted by Gasteiger charge is -2.13. The second-order valence-corrected chi connectivity index (χ2v) is 3.92. The SMILES string of the molecule is C=COCCCNC(C)c1cccc([N+](=O)[O-])c1. The normalized spacial score (nSPS) is 11.8. The van der Waals surface area contributed by atoms with E-state index in [1.165, 1.54) is 12.3 Å². The van der Waals surface area contributed by atoms with Gasteiger partial charge in [0.1, 0.15) is 0 Å². The Morgan fingerprint density at radius 3 is 3.06 bits per heavy atom. The van der Waals surface area contributed by atoms with Gasteiger partial charge < -0.3 is 10.1 Å². The fourth-order valence-electron chi connectivity index (χ4n) is 1.58. The van der Waals surface area contributed by atoms with Gasteiger partial charge in [0, 0.05) is 18.2 Å². The Labute approximate surface area is 107 Å². The van der Waals surface area contributed by atoms with E-state index in [2.05, 4.69) is 11.9 Å². The van der Waals surface area contributed by atoms with Crippen LogP contribution in [0.4, 0.5) is 5.69 Å². The van der Waals surface area contributed by atoms with Crippen LogP contribution in [-0.4, -0.2) is 18.1 Å². The van der Waals surface area contributed by atoms with Crippen LogP contribution in [0.25, 0.3) is 0 Å². The van der Waals surface area contributed by atoms with Crippen LogP contribution in [-0.2, 0) is 4.74 Å². The van der Waals surface area contributed by atoms with Gasteiger partial charge in [0.15, 0.2) is 0 Å². The number of nitrogens with one attached hydrogen (secondary N) is 1. The molecule has 0 fully saturated rings. The third-order valence-electron chi connectivity index (χ3n) is 2.59. The van der Waals surface area contributed by atoms with Gasteiger partial charge >= 0.3 is 0 Å². The average Bonchev–Trinajstić information content (AvgIpc) is 2.38. The maximum atomic E-state index is 10.7. The zero-order valence-electron chi connectivity index (χ0n) is 10.5. The zero-order valence-corrected chi connectivity index (χ0v) is 10.5. The van der Waals surface area contributed by atoms with Gasteiger partial charge in [-0.15, -0.1) is 0 Å². The van der Waals surface area contributed by atoms with Crippen molar-refractivity contribution < 1.29 is 9.66 Å². The molecule has 0 aliphatic carbocycles. The molecular weight excluding hydrogens is 232 g/mol. The summed E-state index contributed by atoms with van der Waals surface area (Å²) in [5, 5.41) is 14.0. The van der Waals surface area contributed by atoms with Crippen molar-refractivity contribution in [2.24, 2.45) is 0 Å². The zero-order chi connectivity index (χ0) is 13.4. The lowest BCUT2D eigenvalue weighted by atomic mass is 10.1. The molecule has 1 rings (SSSR count). The molecule has 1 N–H and O–H groups in total. The van der Waals surface area contributed by atoms with E-state index < -0.39 is 0 Å². The first-order chi connectivity index (χ1) is 8.65. The van der Waals surface area contributed by atoms with E-state index in [1.807, 2.05) is 13.0 Å². The minimum absolute atomic E-state index is 0.0774. The maximum Gasteiger partial charge on any atom is 0.269 e. The highest BCUT2D eigenvalue weighted by Crippen LogP contribution is 2.18. The van der Waals surface area contributed by atoms with Gasteiger partial charge in [0.05, 0.1) is 17.8 Å². The molecule has 1 aromatic carbocycles. The second kappa shape index (κ2) is 7.45. The van der Waals surface area contributed by atoms with E-state index in [9.17, 15) is 10.1 Å². The minimum Gasteiger partial charge on any atom is -0.502 e. The van der Waals surface area contributed by atoms with Crippen molar-refractivity contribution in [1.29, 1.82) is 0 Å². The van der Waals surface area contributed by atoms with Gasteiger partial charge in [-0.25, -0.2) is 0 Å². The van der Waals surface area contributed by atoms with Gasteiger partial charge in [-0.1, -0.05) is 18.7 Å². The summed E-state index contributed by atoms with van der Waals surface area (Å²) in [6, 6.07) is 6.75. The Hall–Kier alpha value is -1.88. The number of non-ortho nitro benzene ring substituents is 1. The van der Waals surface area contributed by atoms with Crippen molar-refractivity contribution in [2.45, 2.75) is 19.4 Å². The summed E-state index contributed by atoms with van der Waals surface area (Å²) in [5.41, 5.74) is 1.03. The van der Waals surface area contributed by atoms with Crippen molar-refractivity contribution >= 4 is 5.69 Å². The van der Waals surface area contributed by atoms with Crippen molar-refractivity contribution in [3.8, 4) is 0 Å². The Kier molecular flexibility index (Phi) is 5.87. The summed E-state index contributed by atoms with van der Waals surface area (Å²) in [5.74, 6) is 0. The molecule has 18 heavy (non-hydrogen) atoms. The highest BCUT2D eigenvalue weighted by Gasteiger charge is 2.09. The number of ether oxygens (including phenoxy) is 1. The first-order valence-electron chi connectivity index (χ1n) is 5.85. The first-order valence-corrected chi connectivity index (χ1v) is 5.85. The Balaban J connectivity index is 2.45. The lowest BCUT2D eigenvalue weighted by Crippen LogP contribution is -2.20. The van der Waals surface area contributed by atoms with Gasteiger partial charge in [-0.05, 0) is 25.5 Å². The van der Waals surface area contributed by atoms with E-state index in [4.69, 9.17) is 4.74 Å². The summed E-state index contributed by atoms with van der Waals surface area (Å²) in [6.45, 7) is 6.85. The molecule has 0 bridgehead atoms. The largest absolute Gasteiger partial charge is 0.502 e. The second-order valence-electron chi connectivity index (χ2n) is 3.92. The minimum atomic E-state index is -0.381. The average molecular weight is 250 g/mol. The molecule has 1 atom stereocenters. The van der Waals surface area contributed by atoms with Crippen LogP contribution >= 0.6 is 0 Å². The summed E-state index contributed by atoms with van der Waals surface area (Å²) in [4.78, 5) is 10.3. The van der Waals surface area contributed by atoms with Crippen LogP contribution in [0.3, 0.4) is 0 Å². The highest BCUT2D eigenvalue weighted by molar-refractivity contribution is 5.35. The lowest BCUT2D eigenvalue weighted by molar-refractivity contribution is -0.384. The number of nitrogens with zero attached hydrogens (tertiary/aromatic N) is 1. The number of nitro groups is 1. The Morgan fingerprint density at radius 1 is 1.61 bits per heavy atom. The van der Waals surface area contributed by atoms with Gasteiger partial charge in [-0.3, -0.25) is 10.1 Å². The summed E-state index contributed by atoms with van der Waals surface area (Å²) < 4.78 is 5.01. The highest BCUT2D eigenvalue weighted by atomic mass is 16.6. The molecule has 0 saturated heterocycles. The molecule has 0 heterocycles. The van der Waals surface area contributed by atoms with Crippen LogP contribution in [0, 0.1) is 10.1 Å². The monoisotopic (exact) mass is 250 g/mol. The third kappa shape index (κ3) is 4.55. The molecule has 0 aromatic heterocycles. The van der Waals surface area contributed by atoms with Crippen LogP contribution < -0.4 is 5.32 Å². The Morgan fingerprint density at radius 2 is 2.39 bits per heavy atom. The van der Waals surface area contributed by atoms with Gasteiger partial charge in [0.2, 0.25) is 0 Å². The number of hydrogen-bond donors (Lipinski definition) is 1. The molecule has 0 spiro atoms. The summed E-state index contributed by atoms with van der Waals surface area (Å²) in [6.07, 6.45) is 2.29. The molecular formula is C13H18N2O3. The molecule has 0 aliphatic rings. The Bertz CT molecular complexity index is 407. The molecule has 0 amide bonds. The molecule has 98 valence electrons. The first kappa shape index (κ1) is 14.2. The summed E-state index contributed by atoms with van der Waals surface area (Å²) >= 11 is 0. The summed E-state index contributed by atoms with van der Waals surface area (Å²) in [7, 11) is 0. The van der Waals surface area contributed by atoms with E-state index >= 15 is 0 Å². The topological polar surface area (TPSA) is 64.4 Å². The number of nitro benzene ring substituents is 1. The van der Waals surface area contributed by atoms with E-state index in [1.54, 1.807) is 12.1 Å². The standard InChI is InChI=1S/C13H18N2O3/c1-3-18-9-5-8-14-11(2)12-6-4-7-13(10-12)15(16)17/h3-4,6-7,10-11,14H,1,5,8-9H2,2H3. The molecule has 0 radical (unpaired) electrons. The molecule has 1 aromatic rings. The fourth-order valence-corrected chi connectivity index (χ4v) is 1.58. The van der Waals surface area contributed by atoms with Crippen LogP contribution in [0.1, 0.15) is 24.9 Å². The van der Waals surface area contributed by atoms with Crippen molar-refractivity contribution in [1.82, 2.24) is 5.32 Å². The van der Waals surface area contributed by atoms with E-state index in [0.717, 1.165) is 18.5 Å². The van der Waals surface area contributed by atoms with Gasteiger partial charge in [0.25, 0.3) is 5.69 Å². The molecule has 0 aliphatic heterocycles. The van der Waals surface area contributed by atoms with Crippen molar-refractivity contribution in [2.75, 3.05) is 13.2 Å². The predicted octanol–water partition coefficient (Wildman–Crippen LogP) is 2.80. The van der Waals surface area contributed by atoms with Crippen LogP contribution in [0.2, 0.25) is 0 Å². The quantitative estimate of drug-likeness (QED) is 0.333. The maximum absolute atomic E-state index is 10.7. The molecule has 1 unspecified atom stereocenters. The van der Waals surface area contributed by atoms with Crippen molar-refractivity contribution in [3.63, 3.8) is 0 Å². The smallest absolute Gasteiger partial charge is 0.269 e. The molecule has 0 saturated carbocycles. The van der Waals surface area contributed by atoms with Crippen molar-refractivity contribution in [3.05, 3.63) is 52.8 Å².